The molecule has 21 heavy (non-hydrogen) atoms. The third-order valence-corrected chi connectivity index (χ3v) is 5.92. The minimum atomic E-state index is 0.428. The molecule has 0 spiro atoms. The lowest BCUT2D eigenvalue weighted by atomic mass is 9.92. The number of hydrogen-bond donors (Lipinski definition) is 1. The summed E-state index contributed by atoms with van der Waals surface area (Å²) in [6.07, 6.45) is 8.18. The number of rotatable bonds is 2. The molecule has 0 amide bonds. The Morgan fingerprint density at radius 2 is 1.67 bits per heavy atom. The topological polar surface area (TPSA) is 21.3 Å². The maximum Gasteiger partial charge on any atom is 0.0561 e. The predicted octanol–water partition coefficient (Wildman–Crippen LogP) is 3.34. The number of benzene rings is 1. The first-order valence-corrected chi connectivity index (χ1v) is 8.74. The molecule has 2 aliphatic carbocycles. The molecule has 4 atom stereocenters. The zero-order chi connectivity index (χ0) is 14.2. The molecule has 4 unspecified atom stereocenters. The van der Waals surface area contributed by atoms with E-state index in [4.69, 9.17) is 4.74 Å². The summed E-state index contributed by atoms with van der Waals surface area (Å²) in [6.45, 7) is 3.15. The molecule has 2 nitrogen and oxygen atoms in total. The van der Waals surface area contributed by atoms with Crippen LogP contribution in [0, 0.1) is 11.8 Å². The van der Waals surface area contributed by atoms with E-state index in [1.165, 1.54) is 38.5 Å². The van der Waals surface area contributed by atoms with E-state index in [-0.39, 0.29) is 0 Å². The summed E-state index contributed by atoms with van der Waals surface area (Å²) in [4.78, 5) is 0. The Balaban J connectivity index is 1.50. The Kier molecular flexibility index (Phi) is 3.76. The van der Waals surface area contributed by atoms with Gasteiger partial charge in [-0.05, 0) is 68.4 Å². The highest BCUT2D eigenvalue weighted by atomic mass is 16.5. The van der Waals surface area contributed by atoms with Gasteiger partial charge in [0, 0.05) is 18.7 Å². The van der Waals surface area contributed by atoms with Gasteiger partial charge in [0.2, 0.25) is 0 Å². The fraction of sp³-hybridized carbons (Fsp3) is 0.684. The maximum absolute atomic E-state index is 5.70. The SMILES string of the molecule is CC1CC(NC2C3CCC2Cc2ccccc2C3)CCO1. The molecular formula is C19H27NO. The molecule has 1 saturated heterocycles. The van der Waals surface area contributed by atoms with Crippen LogP contribution in [0.2, 0.25) is 0 Å². The third kappa shape index (κ3) is 2.76. The van der Waals surface area contributed by atoms with E-state index in [1.54, 1.807) is 11.1 Å². The van der Waals surface area contributed by atoms with E-state index in [1.807, 2.05) is 0 Å². The summed E-state index contributed by atoms with van der Waals surface area (Å²) in [5, 5.41) is 4.05. The first kappa shape index (κ1) is 13.8. The summed E-state index contributed by atoms with van der Waals surface area (Å²) in [7, 11) is 0. The summed E-state index contributed by atoms with van der Waals surface area (Å²) in [6, 6.07) is 10.5. The Morgan fingerprint density at radius 1 is 1.00 bits per heavy atom. The standard InChI is InChI=1S/C19H27NO/c1-13-10-18(8-9-21-13)20-19-16-6-7-17(19)12-15-5-3-2-4-14(15)11-16/h2-5,13,16-20H,6-12H2,1H3. The van der Waals surface area contributed by atoms with Gasteiger partial charge in [0.1, 0.15) is 0 Å². The quantitative estimate of drug-likeness (QED) is 0.900. The third-order valence-electron chi connectivity index (χ3n) is 5.92. The Morgan fingerprint density at radius 3 is 2.29 bits per heavy atom. The van der Waals surface area contributed by atoms with Crippen LogP contribution in [0.3, 0.4) is 0 Å². The van der Waals surface area contributed by atoms with Gasteiger partial charge in [-0.25, -0.2) is 0 Å². The second-order valence-corrected chi connectivity index (χ2v) is 7.37. The largest absolute Gasteiger partial charge is 0.378 e. The first-order valence-electron chi connectivity index (χ1n) is 8.74. The van der Waals surface area contributed by atoms with Crippen molar-refractivity contribution >= 4 is 0 Å². The van der Waals surface area contributed by atoms with Crippen LogP contribution in [-0.2, 0) is 17.6 Å². The van der Waals surface area contributed by atoms with Gasteiger partial charge in [-0.15, -0.1) is 0 Å². The lowest BCUT2D eigenvalue weighted by molar-refractivity contribution is 0.00916. The zero-order valence-electron chi connectivity index (χ0n) is 13.1. The second kappa shape index (κ2) is 5.73. The van der Waals surface area contributed by atoms with Crippen molar-refractivity contribution in [2.24, 2.45) is 11.8 Å². The van der Waals surface area contributed by atoms with Crippen LogP contribution < -0.4 is 5.32 Å². The molecule has 2 fully saturated rings. The number of fused-ring (bicyclic) bond motifs is 3. The Labute approximate surface area is 128 Å². The lowest BCUT2D eigenvalue weighted by Crippen LogP contribution is -2.47. The second-order valence-electron chi connectivity index (χ2n) is 7.37. The number of hydrogen-bond acceptors (Lipinski definition) is 2. The molecule has 4 rings (SSSR count). The molecule has 114 valence electrons. The minimum Gasteiger partial charge on any atom is -0.378 e. The molecule has 1 aromatic rings. The van der Waals surface area contributed by atoms with Crippen molar-refractivity contribution < 1.29 is 4.74 Å². The fourth-order valence-electron chi connectivity index (χ4n) is 4.84. The van der Waals surface area contributed by atoms with Gasteiger partial charge in [-0.2, -0.15) is 0 Å². The molecule has 1 heterocycles. The van der Waals surface area contributed by atoms with E-state index < -0.39 is 0 Å². The van der Waals surface area contributed by atoms with Crippen molar-refractivity contribution in [3.63, 3.8) is 0 Å². The highest BCUT2D eigenvalue weighted by molar-refractivity contribution is 5.30. The van der Waals surface area contributed by atoms with Crippen molar-refractivity contribution in [1.82, 2.24) is 5.32 Å². The van der Waals surface area contributed by atoms with Crippen molar-refractivity contribution in [3.8, 4) is 0 Å². The molecule has 2 heteroatoms. The smallest absolute Gasteiger partial charge is 0.0561 e. The van der Waals surface area contributed by atoms with E-state index in [0.717, 1.165) is 24.5 Å². The molecule has 1 aromatic carbocycles. The predicted molar refractivity (Wildman–Crippen MR) is 85.4 cm³/mol. The fourth-order valence-corrected chi connectivity index (χ4v) is 4.84. The van der Waals surface area contributed by atoms with E-state index in [9.17, 15) is 0 Å². The van der Waals surface area contributed by atoms with Crippen molar-refractivity contribution in [1.29, 1.82) is 0 Å². The molecule has 1 aliphatic heterocycles. The van der Waals surface area contributed by atoms with Crippen LogP contribution in [0.15, 0.2) is 24.3 Å². The lowest BCUT2D eigenvalue weighted by Gasteiger charge is -2.34. The Bertz CT molecular complexity index is 467. The molecule has 3 aliphatic rings. The van der Waals surface area contributed by atoms with Gasteiger partial charge in [-0.1, -0.05) is 24.3 Å². The van der Waals surface area contributed by atoms with E-state index in [2.05, 4.69) is 36.5 Å². The summed E-state index contributed by atoms with van der Waals surface area (Å²) in [5.74, 6) is 1.69. The highest BCUT2D eigenvalue weighted by Crippen LogP contribution is 2.40. The van der Waals surface area contributed by atoms with Crippen LogP contribution in [0.25, 0.3) is 0 Å². The van der Waals surface area contributed by atoms with E-state index in [0.29, 0.717) is 12.1 Å². The average Bonchev–Trinajstić information content (AvgIpc) is 2.75. The first-order chi connectivity index (χ1) is 10.3. The minimum absolute atomic E-state index is 0.428. The number of ether oxygens (including phenoxy) is 1. The zero-order valence-corrected chi connectivity index (χ0v) is 13.1. The highest BCUT2D eigenvalue weighted by Gasteiger charge is 2.40. The monoisotopic (exact) mass is 285 g/mol. The van der Waals surface area contributed by atoms with Gasteiger partial charge in [-0.3, -0.25) is 0 Å². The van der Waals surface area contributed by atoms with Crippen molar-refractivity contribution in [2.45, 2.75) is 63.6 Å². The van der Waals surface area contributed by atoms with Crippen LogP contribution >= 0.6 is 0 Å². The molecule has 2 bridgehead atoms. The van der Waals surface area contributed by atoms with Crippen molar-refractivity contribution in [3.05, 3.63) is 35.4 Å². The molecular weight excluding hydrogens is 258 g/mol. The molecule has 0 radical (unpaired) electrons. The van der Waals surface area contributed by atoms with Crippen LogP contribution in [-0.4, -0.2) is 24.8 Å². The molecule has 0 aromatic heterocycles. The summed E-state index contributed by atoms with van der Waals surface area (Å²) in [5.41, 5.74) is 3.22. The van der Waals surface area contributed by atoms with Gasteiger partial charge in [0.15, 0.2) is 0 Å². The van der Waals surface area contributed by atoms with Crippen LogP contribution in [0.4, 0.5) is 0 Å². The number of nitrogens with one attached hydrogen (secondary N) is 1. The summed E-state index contributed by atoms with van der Waals surface area (Å²) >= 11 is 0. The molecule has 1 N–H and O–H groups in total. The van der Waals surface area contributed by atoms with Crippen LogP contribution in [0.5, 0.6) is 0 Å². The average molecular weight is 285 g/mol. The van der Waals surface area contributed by atoms with Crippen molar-refractivity contribution in [2.75, 3.05) is 6.61 Å². The van der Waals surface area contributed by atoms with E-state index >= 15 is 0 Å². The normalized spacial score (nSPS) is 38.8. The maximum atomic E-state index is 5.70. The molecule has 1 saturated carbocycles. The summed E-state index contributed by atoms with van der Waals surface area (Å²) < 4.78 is 5.70. The van der Waals surface area contributed by atoms with Crippen LogP contribution in [0.1, 0.15) is 43.7 Å². The van der Waals surface area contributed by atoms with Gasteiger partial charge in [0.05, 0.1) is 6.10 Å². The van der Waals surface area contributed by atoms with Gasteiger partial charge >= 0.3 is 0 Å². The Hall–Kier alpha value is -0.860. The van der Waals surface area contributed by atoms with Gasteiger partial charge < -0.3 is 10.1 Å². The van der Waals surface area contributed by atoms with Gasteiger partial charge in [0.25, 0.3) is 0 Å².